The highest BCUT2D eigenvalue weighted by atomic mass is 16.4. The average Bonchev–Trinajstić information content (AvgIpc) is 1.84. The van der Waals surface area contributed by atoms with Crippen LogP contribution in [0.5, 0.6) is 0 Å². The van der Waals surface area contributed by atoms with E-state index in [0.29, 0.717) is 18.0 Å². The van der Waals surface area contributed by atoms with E-state index in [1.807, 2.05) is 0 Å². The summed E-state index contributed by atoms with van der Waals surface area (Å²) in [5, 5.41) is 10.0. The Bertz CT molecular complexity index is 173. The van der Waals surface area contributed by atoms with Crippen molar-refractivity contribution < 1.29 is 9.90 Å². The topological polar surface area (TPSA) is 66.2 Å². The molecule has 0 aliphatic heterocycles. The summed E-state index contributed by atoms with van der Waals surface area (Å²) in [6.45, 7) is 4.25. The maximum absolute atomic E-state index is 10.0. The van der Waals surface area contributed by atoms with Gasteiger partial charge in [0.1, 0.15) is 0 Å². The van der Waals surface area contributed by atoms with Gasteiger partial charge in [0.2, 0.25) is 0 Å². The number of carbonyl (C=O) groups excluding carboxylic acids is 1. The minimum absolute atomic E-state index is 0.399. The molecule has 0 saturated heterocycles. The van der Waals surface area contributed by atoms with E-state index in [9.17, 15) is 9.90 Å². The van der Waals surface area contributed by atoms with Crippen LogP contribution < -0.4 is 10.8 Å². The zero-order chi connectivity index (χ0) is 9.56. The number of hydrogen-bond acceptors (Lipinski definition) is 3. The quantitative estimate of drug-likeness (QED) is 0.607. The van der Waals surface area contributed by atoms with Gasteiger partial charge in [-0.15, -0.1) is 0 Å². The van der Waals surface area contributed by atoms with Gasteiger partial charge < -0.3 is 15.6 Å². The minimum Gasteiger partial charge on any atom is -0.545 e. The Kier molecular flexibility index (Phi) is 5.17. The number of carboxylic acids is 1. The summed E-state index contributed by atoms with van der Waals surface area (Å²) in [6, 6.07) is 0. The normalized spacial score (nSPS) is 12.1. The van der Waals surface area contributed by atoms with Gasteiger partial charge in [0.25, 0.3) is 0 Å². The Morgan fingerprint density at radius 2 is 2.17 bits per heavy atom. The molecule has 2 N–H and O–H groups in total. The highest BCUT2D eigenvalue weighted by molar-refractivity contribution is 5.78. The molecule has 0 heterocycles. The molecule has 0 aliphatic carbocycles. The van der Waals surface area contributed by atoms with Crippen LogP contribution in [0.15, 0.2) is 11.8 Å². The summed E-state index contributed by atoms with van der Waals surface area (Å²) < 4.78 is 0. The number of carboxylic acid groups (broad SMARTS) is 1. The van der Waals surface area contributed by atoms with Crippen molar-refractivity contribution in [2.75, 3.05) is 0 Å². The van der Waals surface area contributed by atoms with Crippen LogP contribution in [-0.4, -0.2) is 5.97 Å². The summed E-state index contributed by atoms with van der Waals surface area (Å²) in [5.41, 5.74) is 5.80. The van der Waals surface area contributed by atoms with Crippen molar-refractivity contribution in [1.29, 1.82) is 0 Å². The predicted octanol–water partition coefficient (Wildman–Crippen LogP) is 0.405. The Morgan fingerprint density at radius 3 is 2.58 bits per heavy atom. The smallest absolute Gasteiger partial charge is 0.0659 e. The fourth-order valence-electron chi connectivity index (χ4n) is 0.938. The molecule has 0 aromatic heterocycles. The third-order valence-electron chi connectivity index (χ3n) is 1.55. The summed E-state index contributed by atoms with van der Waals surface area (Å²) in [4.78, 5) is 10.0. The molecule has 0 fully saturated rings. The molecule has 0 saturated carbocycles. The van der Waals surface area contributed by atoms with Crippen LogP contribution in [0.4, 0.5) is 0 Å². The molecule has 0 bridgehead atoms. The lowest BCUT2D eigenvalue weighted by Crippen LogP contribution is -2.20. The van der Waals surface area contributed by atoms with Crippen LogP contribution in [0.25, 0.3) is 0 Å². The van der Waals surface area contributed by atoms with E-state index in [2.05, 4.69) is 13.8 Å². The summed E-state index contributed by atoms with van der Waals surface area (Å²) in [7, 11) is 0. The van der Waals surface area contributed by atoms with E-state index >= 15 is 0 Å². The average molecular weight is 170 g/mol. The van der Waals surface area contributed by atoms with Crippen LogP contribution in [0, 0.1) is 5.92 Å². The molecule has 3 heteroatoms. The van der Waals surface area contributed by atoms with Gasteiger partial charge in [0.15, 0.2) is 0 Å². The van der Waals surface area contributed by atoms with E-state index < -0.39 is 5.97 Å². The largest absolute Gasteiger partial charge is 0.545 e. The zero-order valence-corrected chi connectivity index (χ0v) is 7.67. The van der Waals surface area contributed by atoms with Gasteiger partial charge in [-0.05, 0) is 24.8 Å². The third-order valence-corrected chi connectivity index (χ3v) is 1.55. The van der Waals surface area contributed by atoms with Gasteiger partial charge in [0.05, 0.1) is 5.97 Å². The zero-order valence-electron chi connectivity index (χ0n) is 7.67. The molecule has 0 radical (unpaired) electrons. The molecule has 0 aromatic carbocycles. The highest BCUT2D eigenvalue weighted by Gasteiger charge is 1.95. The van der Waals surface area contributed by atoms with Gasteiger partial charge in [-0.1, -0.05) is 20.3 Å². The van der Waals surface area contributed by atoms with Crippen molar-refractivity contribution in [2.24, 2.45) is 11.7 Å². The number of hydrogen-bond donors (Lipinski definition) is 1. The van der Waals surface area contributed by atoms with Gasteiger partial charge >= 0.3 is 0 Å². The second-order valence-corrected chi connectivity index (χ2v) is 3.32. The van der Waals surface area contributed by atoms with Gasteiger partial charge in [-0.25, -0.2) is 0 Å². The second kappa shape index (κ2) is 5.63. The lowest BCUT2D eigenvalue weighted by Gasteiger charge is -2.04. The Labute approximate surface area is 73.3 Å². The van der Waals surface area contributed by atoms with Crippen LogP contribution in [0.1, 0.15) is 33.1 Å². The SMILES string of the molecule is CC(C)CCC/C(N)=C/C(=O)[O-]. The number of carbonyl (C=O) groups is 1. The molecular weight excluding hydrogens is 154 g/mol. The van der Waals surface area contributed by atoms with E-state index in [0.717, 1.165) is 18.9 Å². The highest BCUT2D eigenvalue weighted by Crippen LogP contribution is 2.08. The number of nitrogens with two attached hydrogens (primary N) is 1. The first kappa shape index (κ1) is 11.0. The van der Waals surface area contributed by atoms with Crippen molar-refractivity contribution in [3.8, 4) is 0 Å². The fraction of sp³-hybridized carbons (Fsp3) is 0.667. The van der Waals surface area contributed by atoms with Crippen molar-refractivity contribution in [3.63, 3.8) is 0 Å². The van der Waals surface area contributed by atoms with Crippen LogP contribution in [-0.2, 0) is 4.79 Å². The lowest BCUT2D eigenvalue weighted by molar-refractivity contribution is -0.297. The third kappa shape index (κ3) is 7.12. The van der Waals surface area contributed by atoms with E-state index in [4.69, 9.17) is 5.73 Å². The second-order valence-electron chi connectivity index (χ2n) is 3.32. The Morgan fingerprint density at radius 1 is 1.58 bits per heavy atom. The molecule has 0 amide bonds. The van der Waals surface area contributed by atoms with Crippen LogP contribution in [0.2, 0.25) is 0 Å². The van der Waals surface area contributed by atoms with E-state index in [1.54, 1.807) is 0 Å². The first-order chi connectivity index (χ1) is 5.52. The summed E-state index contributed by atoms with van der Waals surface area (Å²) in [5.74, 6) is -0.571. The summed E-state index contributed by atoms with van der Waals surface area (Å²) in [6.07, 6.45) is 3.61. The van der Waals surface area contributed by atoms with Gasteiger partial charge in [-0.2, -0.15) is 0 Å². The monoisotopic (exact) mass is 170 g/mol. The van der Waals surface area contributed by atoms with E-state index in [1.165, 1.54) is 0 Å². The van der Waals surface area contributed by atoms with Gasteiger partial charge in [0, 0.05) is 5.70 Å². The molecule has 0 aliphatic rings. The van der Waals surface area contributed by atoms with E-state index in [-0.39, 0.29) is 0 Å². The van der Waals surface area contributed by atoms with Crippen molar-refractivity contribution >= 4 is 5.97 Å². The minimum atomic E-state index is -1.21. The van der Waals surface area contributed by atoms with Crippen LogP contribution in [0.3, 0.4) is 0 Å². The Hall–Kier alpha value is -0.990. The predicted molar refractivity (Wildman–Crippen MR) is 46.0 cm³/mol. The standard InChI is InChI=1S/C9H17NO2/c1-7(2)4-3-5-8(10)6-9(11)12/h6-7H,3-5,10H2,1-2H3,(H,11,12)/p-1/b8-6-. The molecule has 0 atom stereocenters. The Balaban J connectivity index is 3.57. The molecule has 0 unspecified atom stereocenters. The molecule has 0 aromatic rings. The molecular formula is C9H16NO2-. The maximum Gasteiger partial charge on any atom is 0.0659 e. The first-order valence-corrected chi connectivity index (χ1v) is 4.19. The molecule has 12 heavy (non-hydrogen) atoms. The van der Waals surface area contributed by atoms with Crippen molar-refractivity contribution in [1.82, 2.24) is 0 Å². The van der Waals surface area contributed by atoms with Gasteiger partial charge in [-0.3, -0.25) is 0 Å². The molecule has 0 spiro atoms. The van der Waals surface area contributed by atoms with Crippen molar-refractivity contribution in [2.45, 2.75) is 33.1 Å². The van der Waals surface area contributed by atoms with Crippen LogP contribution >= 0.6 is 0 Å². The number of aliphatic carboxylic acids is 1. The van der Waals surface area contributed by atoms with Crippen molar-refractivity contribution in [3.05, 3.63) is 11.8 Å². The maximum atomic E-state index is 10.0. The molecule has 70 valence electrons. The first-order valence-electron chi connectivity index (χ1n) is 4.19. The lowest BCUT2D eigenvalue weighted by atomic mass is 10.1. The molecule has 0 rings (SSSR count). The molecule has 3 nitrogen and oxygen atoms in total. The summed E-state index contributed by atoms with van der Waals surface area (Å²) >= 11 is 0. The number of allylic oxidation sites excluding steroid dienone is 1. The number of rotatable bonds is 5. The fourth-order valence-corrected chi connectivity index (χ4v) is 0.938.